The highest BCUT2D eigenvalue weighted by Gasteiger charge is 2.08. The van der Waals surface area contributed by atoms with E-state index in [1.54, 1.807) is 16.7 Å². The maximum absolute atomic E-state index is 12.0. The minimum atomic E-state index is -3.26. The van der Waals surface area contributed by atoms with Crippen molar-refractivity contribution in [1.82, 2.24) is 9.38 Å². The molecule has 0 spiro atoms. The number of pyridine rings is 1. The van der Waals surface area contributed by atoms with Gasteiger partial charge in [0.2, 0.25) is 5.91 Å². The van der Waals surface area contributed by atoms with Gasteiger partial charge in [-0.25, -0.2) is 13.4 Å². The normalized spacial score (nSPS) is 11.9. The highest BCUT2D eigenvalue weighted by molar-refractivity contribution is 7.90. The Labute approximate surface area is 149 Å². The van der Waals surface area contributed by atoms with Crippen molar-refractivity contribution < 1.29 is 13.2 Å². The van der Waals surface area contributed by atoms with E-state index in [0.717, 1.165) is 6.26 Å². The molecule has 6 nitrogen and oxygen atoms in total. The van der Waals surface area contributed by atoms with Crippen LogP contribution in [0.25, 0.3) is 11.7 Å². The number of amides is 1. The number of hydrogen-bond donors (Lipinski definition) is 1. The molecule has 0 unspecified atom stereocenters. The van der Waals surface area contributed by atoms with Crippen LogP contribution in [0.2, 0.25) is 5.15 Å². The number of nitrogens with one attached hydrogen (secondary N) is 1. The molecule has 8 heteroatoms. The number of aromatic nitrogens is 2. The summed E-state index contributed by atoms with van der Waals surface area (Å²) < 4.78 is 24.6. The quantitative estimate of drug-likeness (QED) is 0.711. The van der Waals surface area contributed by atoms with Crippen molar-refractivity contribution in [2.45, 2.75) is 4.90 Å². The molecule has 25 heavy (non-hydrogen) atoms. The van der Waals surface area contributed by atoms with Gasteiger partial charge >= 0.3 is 0 Å². The summed E-state index contributed by atoms with van der Waals surface area (Å²) in [5.74, 6) is -0.367. The van der Waals surface area contributed by atoms with Crippen LogP contribution in [0, 0.1) is 0 Å². The van der Waals surface area contributed by atoms with Crippen molar-refractivity contribution in [1.29, 1.82) is 0 Å². The molecule has 0 aliphatic heterocycles. The van der Waals surface area contributed by atoms with Gasteiger partial charge in [-0.05, 0) is 42.5 Å². The number of anilines is 1. The van der Waals surface area contributed by atoms with Gasteiger partial charge in [-0.1, -0.05) is 17.7 Å². The summed E-state index contributed by atoms with van der Waals surface area (Å²) in [5, 5.41) is 2.96. The lowest BCUT2D eigenvalue weighted by Gasteiger charge is -2.03. The maximum Gasteiger partial charge on any atom is 0.248 e. The Hall–Kier alpha value is -2.64. The van der Waals surface area contributed by atoms with Crippen LogP contribution >= 0.6 is 11.6 Å². The molecular formula is C17H14ClN3O3S. The molecule has 0 atom stereocenters. The van der Waals surface area contributed by atoms with Gasteiger partial charge < -0.3 is 5.32 Å². The monoisotopic (exact) mass is 375 g/mol. The third-order valence-electron chi connectivity index (χ3n) is 3.46. The largest absolute Gasteiger partial charge is 0.323 e. The van der Waals surface area contributed by atoms with Gasteiger partial charge in [0, 0.05) is 24.2 Å². The maximum atomic E-state index is 12.0. The van der Waals surface area contributed by atoms with Gasteiger partial charge in [-0.2, -0.15) is 0 Å². The first-order valence-electron chi connectivity index (χ1n) is 7.26. The number of sulfone groups is 1. The number of imidazole rings is 1. The second-order valence-electron chi connectivity index (χ2n) is 5.34. The fourth-order valence-corrected chi connectivity index (χ4v) is 3.13. The minimum absolute atomic E-state index is 0.193. The molecule has 3 rings (SSSR count). The fourth-order valence-electron chi connectivity index (χ4n) is 2.26. The van der Waals surface area contributed by atoms with E-state index in [0.29, 0.717) is 22.2 Å². The second-order valence-corrected chi connectivity index (χ2v) is 7.71. The lowest BCUT2D eigenvalue weighted by Crippen LogP contribution is -2.08. The van der Waals surface area contributed by atoms with E-state index >= 15 is 0 Å². The third-order valence-corrected chi connectivity index (χ3v) is 4.87. The van der Waals surface area contributed by atoms with Gasteiger partial charge in [0.1, 0.15) is 5.65 Å². The lowest BCUT2D eigenvalue weighted by atomic mass is 10.3. The first-order valence-corrected chi connectivity index (χ1v) is 9.53. The molecule has 0 bridgehead atoms. The van der Waals surface area contributed by atoms with E-state index in [9.17, 15) is 13.2 Å². The number of fused-ring (bicyclic) bond motifs is 1. The molecule has 3 aromatic rings. The molecule has 2 heterocycles. The van der Waals surface area contributed by atoms with Crippen LogP contribution in [0.1, 0.15) is 5.69 Å². The van der Waals surface area contributed by atoms with E-state index in [4.69, 9.17) is 11.6 Å². The first-order chi connectivity index (χ1) is 11.8. The molecule has 1 amide bonds. The topological polar surface area (TPSA) is 80.5 Å². The highest BCUT2D eigenvalue weighted by Crippen LogP contribution is 2.19. The number of rotatable bonds is 4. The van der Waals surface area contributed by atoms with Crippen LogP contribution in [0.3, 0.4) is 0 Å². The zero-order valence-electron chi connectivity index (χ0n) is 13.2. The van der Waals surface area contributed by atoms with Crippen molar-refractivity contribution >= 4 is 44.8 Å². The van der Waals surface area contributed by atoms with Gasteiger partial charge in [-0.3, -0.25) is 9.20 Å². The number of benzene rings is 1. The van der Waals surface area contributed by atoms with Crippen LogP contribution < -0.4 is 5.32 Å². The average molecular weight is 376 g/mol. The zero-order valence-corrected chi connectivity index (χ0v) is 14.8. The van der Waals surface area contributed by atoms with Gasteiger partial charge in [-0.15, -0.1) is 0 Å². The molecule has 2 aromatic heterocycles. The van der Waals surface area contributed by atoms with Crippen LogP contribution in [0.15, 0.2) is 59.6 Å². The molecule has 0 saturated carbocycles. The highest BCUT2D eigenvalue weighted by atomic mass is 35.5. The zero-order chi connectivity index (χ0) is 18.0. The predicted octanol–water partition coefficient (Wildman–Crippen LogP) is 3.04. The molecule has 1 N–H and O–H groups in total. The Kier molecular flexibility index (Phi) is 4.61. The number of hydrogen-bond acceptors (Lipinski definition) is 4. The Morgan fingerprint density at radius 1 is 1.20 bits per heavy atom. The first kappa shape index (κ1) is 17.2. The lowest BCUT2D eigenvalue weighted by molar-refractivity contribution is -0.111. The summed E-state index contributed by atoms with van der Waals surface area (Å²) in [6, 6.07) is 11.4. The van der Waals surface area contributed by atoms with E-state index in [-0.39, 0.29) is 10.8 Å². The predicted molar refractivity (Wildman–Crippen MR) is 97.4 cm³/mol. The van der Waals surface area contributed by atoms with Crippen molar-refractivity contribution in [3.63, 3.8) is 0 Å². The van der Waals surface area contributed by atoms with Crippen molar-refractivity contribution in [2.75, 3.05) is 11.6 Å². The molecule has 0 radical (unpaired) electrons. The van der Waals surface area contributed by atoms with Crippen LogP contribution in [0.4, 0.5) is 5.69 Å². The molecule has 0 fully saturated rings. The Morgan fingerprint density at radius 3 is 2.60 bits per heavy atom. The summed E-state index contributed by atoms with van der Waals surface area (Å²) >= 11 is 6.10. The Balaban J connectivity index is 1.76. The van der Waals surface area contributed by atoms with E-state index in [2.05, 4.69) is 10.3 Å². The molecule has 0 saturated heterocycles. The summed E-state index contributed by atoms with van der Waals surface area (Å²) in [6.07, 6.45) is 5.84. The number of halogens is 1. The number of carbonyl (C=O) groups is 1. The average Bonchev–Trinajstić information content (AvgIpc) is 2.88. The number of carbonyl (C=O) groups excluding carboxylic acids is 1. The third kappa shape index (κ3) is 3.89. The van der Waals surface area contributed by atoms with Crippen LogP contribution in [-0.4, -0.2) is 30.0 Å². The summed E-state index contributed by atoms with van der Waals surface area (Å²) in [7, 11) is -3.26. The fraction of sp³-hybridized carbons (Fsp3) is 0.0588. The molecule has 0 aliphatic carbocycles. The standard InChI is InChI=1S/C17H14ClN3O3S/c1-25(23,24)13-7-5-12(6-8-13)19-16(22)10-9-14-17(18)20-15-4-2-3-11-21(14)15/h2-11H,1H3,(H,19,22)/b10-9+. The van der Waals surface area contributed by atoms with Gasteiger partial charge in [0.25, 0.3) is 0 Å². The summed E-state index contributed by atoms with van der Waals surface area (Å²) in [5.41, 5.74) is 1.77. The smallest absolute Gasteiger partial charge is 0.248 e. The number of nitrogens with zero attached hydrogens (tertiary/aromatic N) is 2. The molecular weight excluding hydrogens is 362 g/mol. The minimum Gasteiger partial charge on any atom is -0.323 e. The SMILES string of the molecule is CS(=O)(=O)c1ccc(NC(=O)/C=C/c2c(Cl)nc3ccccn23)cc1. The van der Waals surface area contributed by atoms with E-state index in [1.165, 1.54) is 30.3 Å². The van der Waals surface area contributed by atoms with Crippen LogP contribution in [-0.2, 0) is 14.6 Å². The Morgan fingerprint density at radius 2 is 1.92 bits per heavy atom. The second kappa shape index (κ2) is 6.70. The van der Waals surface area contributed by atoms with E-state index < -0.39 is 9.84 Å². The molecule has 128 valence electrons. The molecule has 1 aromatic carbocycles. The van der Waals surface area contributed by atoms with Crippen molar-refractivity contribution in [3.05, 3.63) is 65.6 Å². The van der Waals surface area contributed by atoms with Gasteiger partial charge in [0.05, 0.1) is 10.6 Å². The van der Waals surface area contributed by atoms with Gasteiger partial charge in [0.15, 0.2) is 15.0 Å². The van der Waals surface area contributed by atoms with Crippen molar-refractivity contribution in [2.24, 2.45) is 0 Å². The van der Waals surface area contributed by atoms with Crippen LogP contribution in [0.5, 0.6) is 0 Å². The molecule has 0 aliphatic rings. The summed E-state index contributed by atoms with van der Waals surface area (Å²) in [6.45, 7) is 0. The Bertz CT molecular complexity index is 1070. The summed E-state index contributed by atoms with van der Waals surface area (Å²) in [4.78, 5) is 16.4. The van der Waals surface area contributed by atoms with E-state index in [1.807, 2.05) is 18.2 Å². The van der Waals surface area contributed by atoms with Crippen molar-refractivity contribution in [3.8, 4) is 0 Å².